The van der Waals surface area contributed by atoms with Crippen molar-refractivity contribution in [1.82, 2.24) is 16.0 Å². The Labute approximate surface area is 156 Å². The zero-order chi connectivity index (χ0) is 20.7. The van der Waals surface area contributed by atoms with Gasteiger partial charge in [-0.25, -0.2) is 4.79 Å². The molecule has 26 heavy (non-hydrogen) atoms. The standard InChI is InChI=1S/C13H22N3O8PS/c1-6(10(19)20)15-7(17)5-14-9(18)8(11(21)25(23)26)16-12(22)24-13(2,3)4/h6,8,21H,5H2,1-4H3,(H,14,18)(H,15,17)(H,16,22)(H,19,20)(H,23,26). The van der Waals surface area contributed by atoms with E-state index in [0.717, 1.165) is 0 Å². The second-order valence-electron chi connectivity index (χ2n) is 6.06. The van der Waals surface area contributed by atoms with E-state index in [4.69, 9.17) is 9.84 Å². The number of aliphatic hydroxyl groups is 1. The quantitative estimate of drug-likeness (QED) is 0.221. The number of thiol groups is 1. The minimum atomic E-state index is -2.64. The number of carboxylic acids is 1. The van der Waals surface area contributed by atoms with E-state index < -0.39 is 60.6 Å². The number of nitrogens with one attached hydrogen (secondary N) is 3. The van der Waals surface area contributed by atoms with Crippen LogP contribution in [0.15, 0.2) is 0 Å². The Morgan fingerprint density at radius 1 is 1.19 bits per heavy atom. The Morgan fingerprint density at radius 3 is 2.15 bits per heavy atom. The molecule has 13 heteroatoms. The molecule has 5 N–H and O–H groups in total. The highest BCUT2D eigenvalue weighted by Gasteiger charge is 2.32. The smallest absolute Gasteiger partial charge is 0.408 e. The maximum atomic E-state index is 12.1. The molecular weight excluding hydrogens is 389 g/mol. The number of ether oxygens (including phenoxy) is 1. The molecule has 0 aliphatic heterocycles. The van der Waals surface area contributed by atoms with Crippen molar-refractivity contribution in [2.24, 2.45) is 0 Å². The van der Waals surface area contributed by atoms with Gasteiger partial charge in [0.1, 0.15) is 11.6 Å². The maximum Gasteiger partial charge on any atom is 0.408 e. The highest BCUT2D eigenvalue weighted by atomic mass is 32.7. The zero-order valence-electron chi connectivity index (χ0n) is 14.6. The van der Waals surface area contributed by atoms with Gasteiger partial charge in [-0.05, 0) is 27.7 Å². The molecule has 148 valence electrons. The summed E-state index contributed by atoms with van der Waals surface area (Å²) < 4.78 is 4.93. The summed E-state index contributed by atoms with van der Waals surface area (Å²) in [5.41, 5.74) is -1.83. The van der Waals surface area contributed by atoms with Crippen molar-refractivity contribution in [3.05, 3.63) is 0 Å². The zero-order valence-corrected chi connectivity index (χ0v) is 16.4. The second kappa shape index (κ2) is 10.3. The Balaban J connectivity index is 4.98. The van der Waals surface area contributed by atoms with Gasteiger partial charge in [-0.15, -0.1) is 0 Å². The molecule has 0 aromatic rings. The van der Waals surface area contributed by atoms with Crippen molar-refractivity contribution in [2.75, 3.05) is 6.54 Å². The molecule has 0 heterocycles. The number of alkyl carbamates (subject to hydrolysis) is 1. The third-order valence-electron chi connectivity index (χ3n) is 2.55. The van der Waals surface area contributed by atoms with Crippen LogP contribution in [0.1, 0.15) is 27.7 Å². The summed E-state index contributed by atoms with van der Waals surface area (Å²) >= 11 is 3.52. The molecule has 0 aliphatic rings. The first-order chi connectivity index (χ1) is 11.7. The summed E-state index contributed by atoms with van der Waals surface area (Å²) in [7, 11) is 0. The van der Waals surface area contributed by atoms with Crippen molar-refractivity contribution < 1.29 is 39.0 Å². The van der Waals surface area contributed by atoms with Crippen LogP contribution in [0.3, 0.4) is 0 Å². The summed E-state index contributed by atoms with van der Waals surface area (Å²) in [4.78, 5) is 57.4. The number of aliphatic hydroxyl groups excluding tert-OH is 1. The molecule has 3 amide bonds. The summed E-state index contributed by atoms with van der Waals surface area (Å²) in [6.45, 7) is 2.65. The van der Waals surface area contributed by atoms with Crippen LogP contribution < -0.4 is 20.8 Å². The molecule has 0 fully saturated rings. The van der Waals surface area contributed by atoms with Crippen LogP contribution in [0.25, 0.3) is 0 Å². The third-order valence-corrected chi connectivity index (χ3v) is 3.81. The third kappa shape index (κ3) is 9.56. The number of rotatable bonds is 7. The molecule has 0 radical (unpaired) electrons. The van der Waals surface area contributed by atoms with E-state index in [1.165, 1.54) is 6.92 Å². The van der Waals surface area contributed by atoms with E-state index in [-0.39, 0.29) is 0 Å². The van der Waals surface area contributed by atoms with Gasteiger partial charge in [0.15, 0.2) is 13.0 Å². The van der Waals surface area contributed by atoms with Gasteiger partial charge in [-0.1, -0.05) is 0 Å². The van der Waals surface area contributed by atoms with Crippen LogP contribution in [-0.2, 0) is 19.1 Å². The highest BCUT2D eigenvalue weighted by molar-refractivity contribution is 8.42. The predicted octanol–water partition coefficient (Wildman–Crippen LogP) is -1.31. The van der Waals surface area contributed by atoms with Gasteiger partial charge in [0.25, 0.3) is 11.4 Å². The lowest BCUT2D eigenvalue weighted by Gasteiger charge is -2.22. The molecule has 0 bridgehead atoms. The lowest BCUT2D eigenvalue weighted by molar-refractivity contribution is -0.147. The normalized spacial score (nSPS) is 14.4. The van der Waals surface area contributed by atoms with E-state index in [2.05, 4.69) is 22.9 Å². The van der Waals surface area contributed by atoms with Crippen molar-refractivity contribution in [1.29, 1.82) is 0 Å². The minimum Gasteiger partial charge on any atom is -0.618 e. The molecular formula is C13H22N3O8PS. The van der Waals surface area contributed by atoms with Crippen LogP contribution >= 0.6 is 19.2 Å². The van der Waals surface area contributed by atoms with Crippen molar-refractivity contribution in [3.63, 3.8) is 0 Å². The van der Waals surface area contributed by atoms with Gasteiger partial charge in [0.2, 0.25) is 5.91 Å². The van der Waals surface area contributed by atoms with Gasteiger partial charge < -0.3 is 35.8 Å². The van der Waals surface area contributed by atoms with Gasteiger partial charge in [-0.2, -0.15) is 0 Å². The average Bonchev–Trinajstić information content (AvgIpc) is 2.47. The van der Waals surface area contributed by atoms with E-state index in [1.807, 2.05) is 5.32 Å². The lowest BCUT2D eigenvalue weighted by Crippen LogP contribution is -2.54. The van der Waals surface area contributed by atoms with Gasteiger partial charge in [0.05, 0.1) is 18.8 Å². The molecule has 0 saturated heterocycles. The monoisotopic (exact) mass is 411 g/mol. The molecule has 11 nitrogen and oxygen atoms in total. The molecule has 3 unspecified atom stereocenters. The van der Waals surface area contributed by atoms with Crippen molar-refractivity contribution in [3.8, 4) is 0 Å². The van der Waals surface area contributed by atoms with Crippen LogP contribution in [0, 0.1) is 0 Å². The summed E-state index contributed by atoms with van der Waals surface area (Å²) in [5.74, 6) is -3.16. The first-order valence-corrected chi connectivity index (χ1v) is 9.67. The molecule has 3 atom stereocenters. The SMILES string of the molecule is CC(NC(=O)CNC(=O)C(NC(=O)OC(C)(C)C)/C(O)=[P+](\[O-])S)C(=O)O. The molecule has 0 aromatic heterocycles. The van der Waals surface area contributed by atoms with Gasteiger partial charge in [0, 0.05) is 0 Å². The average molecular weight is 411 g/mol. The Kier molecular flexibility index (Phi) is 9.57. The van der Waals surface area contributed by atoms with E-state index in [9.17, 15) is 29.2 Å². The first-order valence-electron chi connectivity index (χ1n) is 7.26. The minimum absolute atomic E-state index is 0.639. The Morgan fingerprint density at radius 2 is 1.73 bits per heavy atom. The van der Waals surface area contributed by atoms with E-state index in [0.29, 0.717) is 0 Å². The predicted molar refractivity (Wildman–Crippen MR) is 94.3 cm³/mol. The second-order valence-corrected chi connectivity index (χ2v) is 8.15. The fraction of sp³-hybridized carbons (Fsp3) is 0.615. The number of hydrogen-bond donors (Lipinski definition) is 6. The van der Waals surface area contributed by atoms with Gasteiger partial charge >= 0.3 is 12.1 Å². The number of carboxylic acid groups (broad SMARTS) is 1. The van der Waals surface area contributed by atoms with Crippen LogP contribution in [0.5, 0.6) is 0 Å². The van der Waals surface area contributed by atoms with Crippen molar-refractivity contribution in [2.45, 2.75) is 45.4 Å². The molecule has 0 aliphatic carbocycles. The number of carbonyl (C=O) groups is 4. The fourth-order valence-corrected chi connectivity index (χ4v) is 2.16. The number of amides is 3. The summed E-state index contributed by atoms with van der Waals surface area (Å²) in [5, 5.41) is 24.6. The molecule has 0 rings (SSSR count). The summed E-state index contributed by atoms with van der Waals surface area (Å²) in [6.07, 6.45) is -1.07. The van der Waals surface area contributed by atoms with Crippen LogP contribution in [0.2, 0.25) is 0 Å². The topological polar surface area (TPSA) is 177 Å². The molecule has 0 saturated carbocycles. The highest BCUT2D eigenvalue weighted by Crippen LogP contribution is 2.19. The van der Waals surface area contributed by atoms with Crippen LogP contribution in [-0.4, -0.2) is 63.8 Å². The lowest BCUT2D eigenvalue weighted by atomic mass is 10.2. The number of aliphatic carboxylic acids is 1. The summed E-state index contributed by atoms with van der Waals surface area (Å²) in [6, 6.07) is -2.96. The maximum absolute atomic E-state index is 12.1. The van der Waals surface area contributed by atoms with Gasteiger partial charge in [-0.3, -0.25) is 14.4 Å². The number of carbonyl (C=O) groups excluding carboxylic acids is 3. The Bertz CT molecular complexity index is 601. The molecule has 0 spiro atoms. The molecule has 0 aromatic carbocycles. The first kappa shape index (κ1) is 24.1. The fourth-order valence-electron chi connectivity index (χ4n) is 1.41. The van der Waals surface area contributed by atoms with Crippen LogP contribution in [0.4, 0.5) is 4.79 Å². The Hall–Kier alpha value is -1.88. The van der Waals surface area contributed by atoms with Crippen molar-refractivity contribution >= 4 is 48.6 Å². The van der Waals surface area contributed by atoms with E-state index >= 15 is 0 Å². The van der Waals surface area contributed by atoms with E-state index in [1.54, 1.807) is 20.8 Å². The largest absolute Gasteiger partial charge is 0.618 e. The number of hydrogen-bond acceptors (Lipinski definition) is 7.